The van der Waals surface area contributed by atoms with E-state index >= 15 is 0 Å². The zero-order valence-electron chi connectivity index (χ0n) is 6.83. The molecule has 0 atom stereocenters. The van der Waals surface area contributed by atoms with Crippen molar-refractivity contribution in [2.45, 2.75) is 13.8 Å². The maximum atomic E-state index is 3.89. The van der Waals surface area contributed by atoms with Crippen LogP contribution in [0.4, 0.5) is 0 Å². The lowest BCUT2D eigenvalue weighted by atomic mass is 10.1. The number of allylic oxidation sites excluding steroid dienone is 1. The van der Waals surface area contributed by atoms with Crippen molar-refractivity contribution in [1.82, 2.24) is 0 Å². The van der Waals surface area contributed by atoms with Gasteiger partial charge in [-0.1, -0.05) is 13.8 Å². The van der Waals surface area contributed by atoms with Gasteiger partial charge in [-0.3, -0.25) is 9.98 Å². The topological polar surface area (TPSA) is 24.7 Å². The maximum Gasteiger partial charge on any atom is 0.0310 e. The highest BCUT2D eigenvalue weighted by molar-refractivity contribution is 5.78. The van der Waals surface area contributed by atoms with E-state index in [4.69, 9.17) is 0 Å². The van der Waals surface area contributed by atoms with Crippen molar-refractivity contribution in [2.24, 2.45) is 15.9 Å². The highest BCUT2D eigenvalue weighted by atomic mass is 14.7. The highest BCUT2D eigenvalue weighted by Gasteiger charge is 1.96. The number of hydrogen-bond donors (Lipinski definition) is 0. The molecule has 2 heteroatoms. The molecule has 0 amide bonds. The van der Waals surface area contributed by atoms with Crippen LogP contribution in [0, 0.1) is 5.92 Å². The second-order valence-electron chi connectivity index (χ2n) is 2.35. The first-order chi connectivity index (χ1) is 4.72. The van der Waals surface area contributed by atoms with Crippen molar-refractivity contribution in [3.8, 4) is 0 Å². The molecule has 0 heterocycles. The quantitative estimate of drug-likeness (QED) is 0.532. The summed E-state index contributed by atoms with van der Waals surface area (Å²) >= 11 is 0. The molecule has 0 N–H and O–H groups in total. The number of rotatable bonds is 3. The molecule has 0 aromatic carbocycles. The minimum atomic E-state index is 0.467. The highest BCUT2D eigenvalue weighted by Crippen LogP contribution is 2.05. The Bertz CT molecular complexity index is 155. The summed E-state index contributed by atoms with van der Waals surface area (Å²) < 4.78 is 0. The first-order valence-electron chi connectivity index (χ1n) is 3.30. The third-order valence-electron chi connectivity index (χ3n) is 1.19. The lowest BCUT2D eigenvalue weighted by molar-refractivity contribution is 0.803. The summed E-state index contributed by atoms with van der Waals surface area (Å²) in [7, 11) is 1.75. The molecule has 0 saturated carbocycles. The van der Waals surface area contributed by atoms with Gasteiger partial charge in [-0.25, -0.2) is 0 Å². The first kappa shape index (κ1) is 9.08. The van der Waals surface area contributed by atoms with Gasteiger partial charge < -0.3 is 0 Å². The maximum absolute atomic E-state index is 3.89. The molecule has 0 saturated heterocycles. The van der Waals surface area contributed by atoms with Gasteiger partial charge in [0.1, 0.15) is 0 Å². The molecule has 0 bridgehead atoms. The van der Waals surface area contributed by atoms with E-state index in [0.717, 1.165) is 5.57 Å². The van der Waals surface area contributed by atoms with Crippen LogP contribution in [-0.4, -0.2) is 20.0 Å². The predicted molar refractivity (Wildman–Crippen MR) is 46.9 cm³/mol. The Kier molecular flexibility index (Phi) is 4.46. The first-order valence-corrected chi connectivity index (χ1v) is 3.30. The van der Waals surface area contributed by atoms with Gasteiger partial charge in [0, 0.05) is 19.5 Å². The van der Waals surface area contributed by atoms with Gasteiger partial charge in [0.25, 0.3) is 0 Å². The lowest BCUT2D eigenvalue weighted by Gasteiger charge is -2.01. The monoisotopic (exact) mass is 138 g/mol. The van der Waals surface area contributed by atoms with Crippen LogP contribution in [0.3, 0.4) is 0 Å². The Morgan fingerprint density at radius 2 is 2.10 bits per heavy atom. The second kappa shape index (κ2) is 4.91. The summed E-state index contributed by atoms with van der Waals surface area (Å²) in [6.45, 7) is 7.57. The van der Waals surface area contributed by atoms with Gasteiger partial charge in [0.2, 0.25) is 0 Å². The molecule has 0 rings (SSSR count). The molecule has 0 aliphatic heterocycles. The van der Waals surface area contributed by atoms with Crippen LogP contribution in [0.5, 0.6) is 0 Å². The molecule has 0 fully saturated rings. The lowest BCUT2D eigenvalue weighted by Crippen LogP contribution is -1.94. The van der Waals surface area contributed by atoms with E-state index in [1.54, 1.807) is 19.5 Å². The van der Waals surface area contributed by atoms with E-state index in [-0.39, 0.29) is 0 Å². The van der Waals surface area contributed by atoms with Crippen LogP contribution in [-0.2, 0) is 0 Å². The third kappa shape index (κ3) is 3.17. The van der Waals surface area contributed by atoms with Crippen LogP contribution >= 0.6 is 0 Å². The van der Waals surface area contributed by atoms with Gasteiger partial charge in [-0.05, 0) is 18.2 Å². The van der Waals surface area contributed by atoms with Crippen LogP contribution < -0.4 is 0 Å². The van der Waals surface area contributed by atoms with Gasteiger partial charge in [0.05, 0.1) is 0 Å². The minimum Gasteiger partial charge on any atom is -0.296 e. The average Bonchev–Trinajstić information content (AvgIpc) is 1.87. The zero-order chi connectivity index (χ0) is 7.98. The summed E-state index contributed by atoms with van der Waals surface area (Å²) in [5, 5.41) is 0. The molecule has 0 aromatic rings. The summed E-state index contributed by atoms with van der Waals surface area (Å²) in [5.74, 6) is 0.467. The largest absolute Gasteiger partial charge is 0.296 e. The smallest absolute Gasteiger partial charge is 0.0310 e. The Balaban J connectivity index is 4.25. The van der Waals surface area contributed by atoms with Crippen molar-refractivity contribution in [1.29, 1.82) is 0 Å². The van der Waals surface area contributed by atoms with E-state index in [9.17, 15) is 0 Å². The van der Waals surface area contributed by atoms with E-state index in [1.807, 2.05) is 0 Å². The molecule has 0 unspecified atom stereocenters. The molecule has 0 aliphatic rings. The van der Waals surface area contributed by atoms with Crippen LogP contribution in [0.1, 0.15) is 13.8 Å². The normalized spacial score (nSPS) is 13.0. The Hall–Kier alpha value is -0.920. The molecule has 0 spiro atoms. The minimum absolute atomic E-state index is 0.467. The van der Waals surface area contributed by atoms with Crippen molar-refractivity contribution in [2.75, 3.05) is 7.05 Å². The standard InChI is InChI=1S/C8H14N2/c1-7(2)8(5-9-3)6-10-4/h5-7H,3H2,1-2,4H3/b8-5+,10-6-. The Morgan fingerprint density at radius 3 is 2.40 bits per heavy atom. The van der Waals surface area contributed by atoms with Gasteiger partial charge >= 0.3 is 0 Å². The summed E-state index contributed by atoms with van der Waals surface area (Å²) in [6.07, 6.45) is 3.54. The van der Waals surface area contributed by atoms with Gasteiger partial charge in [-0.2, -0.15) is 0 Å². The van der Waals surface area contributed by atoms with Crippen LogP contribution in [0.25, 0.3) is 0 Å². The van der Waals surface area contributed by atoms with E-state index in [2.05, 4.69) is 30.5 Å². The number of aliphatic imine (C=N–C) groups is 2. The van der Waals surface area contributed by atoms with Crippen LogP contribution in [0.2, 0.25) is 0 Å². The fraction of sp³-hybridized carbons (Fsp3) is 0.500. The van der Waals surface area contributed by atoms with E-state index in [0.29, 0.717) is 5.92 Å². The summed E-state index contributed by atoms with van der Waals surface area (Å²) in [6, 6.07) is 0. The van der Waals surface area contributed by atoms with Gasteiger partial charge in [0.15, 0.2) is 0 Å². The molecule has 0 aromatic heterocycles. The number of nitrogens with zero attached hydrogens (tertiary/aromatic N) is 2. The van der Waals surface area contributed by atoms with Crippen LogP contribution in [0.15, 0.2) is 21.8 Å². The molecule has 0 radical (unpaired) electrons. The summed E-state index contributed by atoms with van der Waals surface area (Å²) in [4.78, 5) is 7.57. The van der Waals surface area contributed by atoms with Gasteiger partial charge in [-0.15, -0.1) is 0 Å². The average molecular weight is 138 g/mol. The Labute approximate surface area is 62.4 Å². The Morgan fingerprint density at radius 1 is 1.50 bits per heavy atom. The van der Waals surface area contributed by atoms with E-state index in [1.165, 1.54) is 0 Å². The zero-order valence-corrected chi connectivity index (χ0v) is 6.83. The molecule has 56 valence electrons. The molecular formula is C8H14N2. The van der Waals surface area contributed by atoms with Crippen molar-refractivity contribution in [3.63, 3.8) is 0 Å². The van der Waals surface area contributed by atoms with E-state index < -0.39 is 0 Å². The SMILES string of the molecule is C=N/C=C(\C=N/C)C(C)C. The molecule has 0 aliphatic carbocycles. The van der Waals surface area contributed by atoms with Crippen molar-refractivity contribution >= 4 is 12.9 Å². The third-order valence-corrected chi connectivity index (χ3v) is 1.19. The second-order valence-corrected chi connectivity index (χ2v) is 2.35. The predicted octanol–water partition coefficient (Wildman–Crippen LogP) is 1.93. The summed E-state index contributed by atoms with van der Waals surface area (Å²) in [5.41, 5.74) is 1.11. The molecule has 2 nitrogen and oxygen atoms in total. The fourth-order valence-electron chi connectivity index (χ4n) is 0.586. The molecular weight excluding hydrogens is 124 g/mol. The number of hydrogen-bond acceptors (Lipinski definition) is 2. The molecule has 10 heavy (non-hydrogen) atoms. The van der Waals surface area contributed by atoms with Crippen molar-refractivity contribution in [3.05, 3.63) is 11.8 Å². The van der Waals surface area contributed by atoms with Crippen molar-refractivity contribution < 1.29 is 0 Å². The fourth-order valence-corrected chi connectivity index (χ4v) is 0.586.